The standard InChI is InChI=1S/C21H18O4/c22-14-15-24-17-10-12-18(13-11-17)25-20-9-5-4-8-19(20)21(23)16-6-2-1-3-7-16/h1-13,22H,14-15H2. The monoisotopic (exact) mass is 334 g/mol. The van der Waals surface area contributed by atoms with Gasteiger partial charge in [0.05, 0.1) is 12.2 Å². The first-order chi connectivity index (χ1) is 12.3. The maximum absolute atomic E-state index is 12.7. The van der Waals surface area contributed by atoms with Gasteiger partial charge < -0.3 is 14.6 Å². The Morgan fingerprint density at radius 3 is 2.16 bits per heavy atom. The Morgan fingerprint density at radius 1 is 0.800 bits per heavy atom. The van der Waals surface area contributed by atoms with E-state index in [9.17, 15) is 4.79 Å². The number of aliphatic hydroxyl groups is 1. The number of para-hydroxylation sites is 1. The molecule has 4 nitrogen and oxygen atoms in total. The summed E-state index contributed by atoms with van der Waals surface area (Å²) < 4.78 is 11.2. The second kappa shape index (κ2) is 8.13. The zero-order valence-electron chi connectivity index (χ0n) is 13.6. The first-order valence-corrected chi connectivity index (χ1v) is 7.98. The van der Waals surface area contributed by atoms with Gasteiger partial charge in [0.2, 0.25) is 0 Å². The van der Waals surface area contributed by atoms with E-state index in [1.165, 1.54) is 0 Å². The van der Waals surface area contributed by atoms with Gasteiger partial charge in [0.15, 0.2) is 5.78 Å². The summed E-state index contributed by atoms with van der Waals surface area (Å²) in [7, 11) is 0. The van der Waals surface area contributed by atoms with E-state index in [0.29, 0.717) is 28.4 Å². The number of rotatable bonds is 7. The first-order valence-electron chi connectivity index (χ1n) is 7.98. The molecule has 25 heavy (non-hydrogen) atoms. The number of carbonyl (C=O) groups excluding carboxylic acids is 1. The van der Waals surface area contributed by atoms with Crippen molar-refractivity contribution in [3.05, 3.63) is 90.0 Å². The van der Waals surface area contributed by atoms with Gasteiger partial charge in [-0.2, -0.15) is 0 Å². The highest BCUT2D eigenvalue weighted by molar-refractivity contribution is 6.10. The summed E-state index contributed by atoms with van der Waals surface area (Å²) in [6.45, 7) is 0.210. The van der Waals surface area contributed by atoms with Gasteiger partial charge in [-0.3, -0.25) is 4.79 Å². The predicted octanol–water partition coefficient (Wildman–Crippen LogP) is 4.08. The number of hydrogen-bond donors (Lipinski definition) is 1. The predicted molar refractivity (Wildman–Crippen MR) is 95.4 cm³/mol. The summed E-state index contributed by atoms with van der Waals surface area (Å²) >= 11 is 0. The maximum Gasteiger partial charge on any atom is 0.196 e. The average molecular weight is 334 g/mol. The number of ether oxygens (including phenoxy) is 2. The summed E-state index contributed by atoms with van der Waals surface area (Å²) in [5.74, 6) is 1.67. The summed E-state index contributed by atoms with van der Waals surface area (Å²) in [4.78, 5) is 12.7. The molecule has 126 valence electrons. The van der Waals surface area contributed by atoms with Crippen LogP contribution < -0.4 is 9.47 Å². The van der Waals surface area contributed by atoms with Crippen LogP contribution in [0.1, 0.15) is 15.9 Å². The van der Waals surface area contributed by atoms with Crippen molar-refractivity contribution in [1.82, 2.24) is 0 Å². The van der Waals surface area contributed by atoms with Crippen molar-refractivity contribution in [3.8, 4) is 17.2 Å². The lowest BCUT2D eigenvalue weighted by Crippen LogP contribution is -2.03. The van der Waals surface area contributed by atoms with Crippen LogP contribution in [0.25, 0.3) is 0 Å². The molecular weight excluding hydrogens is 316 g/mol. The lowest BCUT2D eigenvalue weighted by Gasteiger charge is -2.11. The quantitative estimate of drug-likeness (QED) is 0.662. The molecule has 0 amide bonds. The molecular formula is C21H18O4. The van der Waals surface area contributed by atoms with E-state index in [4.69, 9.17) is 14.6 Å². The molecule has 3 aromatic rings. The molecule has 0 unspecified atom stereocenters. The Morgan fingerprint density at radius 2 is 1.44 bits per heavy atom. The molecule has 3 aromatic carbocycles. The Hall–Kier alpha value is -3.11. The van der Waals surface area contributed by atoms with Gasteiger partial charge in [0.1, 0.15) is 23.9 Å². The Bertz CT molecular complexity index is 826. The SMILES string of the molecule is O=C(c1ccccc1)c1ccccc1Oc1ccc(OCCO)cc1. The molecule has 0 atom stereocenters. The number of benzene rings is 3. The van der Waals surface area contributed by atoms with E-state index >= 15 is 0 Å². The summed E-state index contributed by atoms with van der Waals surface area (Å²) in [5.41, 5.74) is 1.13. The summed E-state index contributed by atoms with van der Waals surface area (Å²) in [6, 6.07) is 23.3. The van der Waals surface area contributed by atoms with Gasteiger partial charge in [-0.05, 0) is 36.4 Å². The molecule has 3 rings (SSSR count). The van der Waals surface area contributed by atoms with E-state index in [-0.39, 0.29) is 19.0 Å². The van der Waals surface area contributed by atoms with Crippen LogP contribution in [0.15, 0.2) is 78.9 Å². The topological polar surface area (TPSA) is 55.8 Å². The lowest BCUT2D eigenvalue weighted by atomic mass is 10.0. The Balaban J connectivity index is 1.80. The zero-order chi connectivity index (χ0) is 17.5. The van der Waals surface area contributed by atoms with Crippen LogP contribution in [-0.2, 0) is 0 Å². The molecule has 0 heterocycles. The van der Waals surface area contributed by atoms with Crippen molar-refractivity contribution in [2.24, 2.45) is 0 Å². The van der Waals surface area contributed by atoms with Gasteiger partial charge in [0.25, 0.3) is 0 Å². The van der Waals surface area contributed by atoms with E-state index in [1.807, 2.05) is 30.3 Å². The first kappa shape index (κ1) is 16.7. The van der Waals surface area contributed by atoms with E-state index in [0.717, 1.165) is 0 Å². The van der Waals surface area contributed by atoms with Crippen molar-refractivity contribution in [2.75, 3.05) is 13.2 Å². The van der Waals surface area contributed by atoms with Crippen molar-refractivity contribution in [2.45, 2.75) is 0 Å². The van der Waals surface area contributed by atoms with Crippen LogP contribution in [0, 0.1) is 0 Å². The van der Waals surface area contributed by atoms with Crippen LogP contribution in [-0.4, -0.2) is 24.1 Å². The molecule has 0 saturated carbocycles. The Kier molecular flexibility index (Phi) is 5.44. The number of hydrogen-bond acceptors (Lipinski definition) is 4. The van der Waals surface area contributed by atoms with Gasteiger partial charge in [-0.1, -0.05) is 42.5 Å². The number of aliphatic hydroxyl groups excluding tert-OH is 1. The molecule has 0 spiro atoms. The third-order valence-corrected chi connectivity index (χ3v) is 3.58. The van der Waals surface area contributed by atoms with E-state index in [1.54, 1.807) is 48.5 Å². The van der Waals surface area contributed by atoms with Crippen molar-refractivity contribution in [1.29, 1.82) is 0 Å². The van der Waals surface area contributed by atoms with Crippen LogP contribution in [0.3, 0.4) is 0 Å². The smallest absolute Gasteiger partial charge is 0.196 e. The highest BCUT2D eigenvalue weighted by Gasteiger charge is 2.14. The minimum Gasteiger partial charge on any atom is -0.491 e. The van der Waals surface area contributed by atoms with Crippen molar-refractivity contribution >= 4 is 5.78 Å². The molecule has 0 saturated heterocycles. The fraction of sp³-hybridized carbons (Fsp3) is 0.0952. The number of ketones is 1. The lowest BCUT2D eigenvalue weighted by molar-refractivity contribution is 0.103. The molecule has 0 aliphatic rings. The zero-order valence-corrected chi connectivity index (χ0v) is 13.6. The van der Waals surface area contributed by atoms with Crippen molar-refractivity contribution in [3.63, 3.8) is 0 Å². The van der Waals surface area contributed by atoms with Gasteiger partial charge in [-0.15, -0.1) is 0 Å². The minimum atomic E-state index is -0.0842. The highest BCUT2D eigenvalue weighted by atomic mass is 16.5. The van der Waals surface area contributed by atoms with E-state index in [2.05, 4.69) is 0 Å². The van der Waals surface area contributed by atoms with E-state index < -0.39 is 0 Å². The maximum atomic E-state index is 12.7. The molecule has 4 heteroatoms. The molecule has 1 N–H and O–H groups in total. The highest BCUT2D eigenvalue weighted by Crippen LogP contribution is 2.28. The molecule has 0 aliphatic carbocycles. The van der Waals surface area contributed by atoms with Crippen molar-refractivity contribution < 1.29 is 19.4 Å². The molecule has 0 aliphatic heterocycles. The average Bonchev–Trinajstić information content (AvgIpc) is 2.68. The van der Waals surface area contributed by atoms with Crippen LogP contribution in [0.2, 0.25) is 0 Å². The minimum absolute atomic E-state index is 0.0345. The van der Waals surface area contributed by atoms with Gasteiger partial charge >= 0.3 is 0 Å². The summed E-state index contributed by atoms with van der Waals surface area (Å²) in [6.07, 6.45) is 0. The molecule has 0 aromatic heterocycles. The molecule has 0 bridgehead atoms. The largest absolute Gasteiger partial charge is 0.491 e. The van der Waals surface area contributed by atoms with Gasteiger partial charge in [-0.25, -0.2) is 0 Å². The molecule has 0 fully saturated rings. The van der Waals surface area contributed by atoms with Gasteiger partial charge in [0, 0.05) is 5.56 Å². The van der Waals surface area contributed by atoms with Crippen LogP contribution in [0.5, 0.6) is 17.2 Å². The second-order valence-electron chi connectivity index (χ2n) is 5.34. The normalized spacial score (nSPS) is 10.3. The molecule has 0 radical (unpaired) electrons. The fourth-order valence-corrected chi connectivity index (χ4v) is 2.38. The Labute approximate surface area is 146 Å². The third kappa shape index (κ3) is 4.25. The second-order valence-corrected chi connectivity index (χ2v) is 5.34. The number of carbonyl (C=O) groups is 1. The van der Waals surface area contributed by atoms with Crippen LogP contribution in [0.4, 0.5) is 0 Å². The fourth-order valence-electron chi connectivity index (χ4n) is 2.38. The van der Waals surface area contributed by atoms with Crippen LogP contribution >= 0.6 is 0 Å². The third-order valence-electron chi connectivity index (χ3n) is 3.58. The summed E-state index contributed by atoms with van der Waals surface area (Å²) in [5, 5.41) is 8.77.